The molecule has 1 aliphatic rings. The minimum Gasteiger partial charge on any atom is -0.339 e. The molecule has 0 aromatic heterocycles. The highest BCUT2D eigenvalue weighted by Gasteiger charge is 2.22. The second-order valence-electron chi connectivity index (χ2n) is 2.85. The lowest BCUT2D eigenvalue weighted by Gasteiger charge is -2.31. The SMILES string of the molecule is [2H]c1c([2H])c([2H])c(C(=O)N(C)C2([2H])C([2H])([2H])C([2H])N([2H])C([2H])([2H])C2([2H])[2H])c([2H])c1[2H]. The average Bonchev–Trinajstić information content (AvgIpc) is 2.66. The molecule has 1 aromatic carbocycles. The number of carbonyl (C=O) groups excluding carboxylic acids is 1. The summed E-state index contributed by atoms with van der Waals surface area (Å²) in [6.45, 7) is -5.81. The molecule has 0 saturated carbocycles. The molecule has 1 amide bonds. The molecule has 2 rings (SSSR count). The molecule has 86 valence electrons. The van der Waals surface area contributed by atoms with E-state index in [2.05, 4.69) is 0 Å². The van der Waals surface area contributed by atoms with Crippen LogP contribution in [0.1, 0.15) is 40.9 Å². The summed E-state index contributed by atoms with van der Waals surface area (Å²) in [7, 11) is 0.716. The third-order valence-electron chi connectivity index (χ3n) is 1.86. The van der Waals surface area contributed by atoms with Gasteiger partial charge in [0.15, 0.2) is 0 Å². The van der Waals surface area contributed by atoms with Crippen LogP contribution < -0.4 is 5.31 Å². The van der Waals surface area contributed by atoms with E-state index in [0.717, 1.165) is 0 Å². The number of nitrogens with one attached hydrogen (secondary N) is 1. The van der Waals surface area contributed by atoms with Gasteiger partial charge in [-0.3, -0.25) is 4.79 Å². The van der Waals surface area contributed by atoms with Crippen LogP contribution in [0.15, 0.2) is 30.2 Å². The number of nitrogens with zero attached hydrogens (tertiary/aromatic N) is 1. The standard InChI is InChI=1S/C13H18N2O/c1-15(12-7-9-14-10-8-12)13(16)11-5-3-2-4-6-11/h2-6,12,14H,7-10H2,1H3/i2D,3D,4D,5D,6D,7D2,8D2,9D,10D2,12D/hD. The monoisotopic (exact) mass is 232 g/mol. The first kappa shape index (κ1) is 3.10. The van der Waals surface area contributed by atoms with Crippen molar-refractivity contribution in [3.05, 3.63) is 35.8 Å². The molecular formula is C13H18N2O. The van der Waals surface area contributed by atoms with Crippen LogP contribution in [0.25, 0.3) is 0 Å². The fourth-order valence-corrected chi connectivity index (χ4v) is 1.05. The maximum atomic E-state index is 13.0. The molecule has 1 fully saturated rings. The van der Waals surface area contributed by atoms with Gasteiger partial charge in [-0.15, -0.1) is 0 Å². The van der Waals surface area contributed by atoms with Gasteiger partial charge in [-0.25, -0.2) is 0 Å². The van der Waals surface area contributed by atoms with Crippen molar-refractivity contribution in [2.75, 3.05) is 20.1 Å². The summed E-state index contributed by atoms with van der Waals surface area (Å²) in [4.78, 5) is 13.1. The molecule has 1 saturated heterocycles. The van der Waals surface area contributed by atoms with E-state index >= 15 is 0 Å². The molecule has 1 N–H and O–H groups in total. The molecule has 16 heavy (non-hydrogen) atoms. The largest absolute Gasteiger partial charge is 0.339 e. The summed E-state index contributed by atoms with van der Waals surface area (Å²) < 4.78 is 111. The van der Waals surface area contributed by atoms with Gasteiger partial charge in [0.2, 0.25) is 0 Å². The molecule has 3 heteroatoms. The summed E-state index contributed by atoms with van der Waals surface area (Å²) >= 11 is 0. The number of piperidine rings is 1. The molecule has 0 aliphatic carbocycles. The third-order valence-corrected chi connectivity index (χ3v) is 1.86. The van der Waals surface area contributed by atoms with Gasteiger partial charge in [0.1, 0.15) is 1.41 Å². The second kappa shape index (κ2) is 5.12. The molecule has 3 nitrogen and oxygen atoms in total. The van der Waals surface area contributed by atoms with Gasteiger partial charge >= 0.3 is 0 Å². The van der Waals surface area contributed by atoms with Crippen molar-refractivity contribution in [1.29, 1.82) is 0 Å². The Morgan fingerprint density at radius 2 is 2.38 bits per heavy atom. The maximum Gasteiger partial charge on any atom is 0.253 e. The van der Waals surface area contributed by atoms with Gasteiger partial charge in [-0.1, -0.05) is 18.1 Å². The Morgan fingerprint density at radius 1 is 1.62 bits per heavy atom. The lowest BCUT2D eigenvalue weighted by atomic mass is 10.0. The molecule has 1 aromatic rings. The fourth-order valence-electron chi connectivity index (χ4n) is 1.05. The number of hydrogen-bond donors (Lipinski definition) is 1. The molecule has 0 spiro atoms. The van der Waals surface area contributed by atoms with Gasteiger partial charge in [0.05, 0.1) is 8.22 Å². The zero-order valence-corrected chi connectivity index (χ0v) is 8.38. The highest BCUT2D eigenvalue weighted by atomic mass is 16.2. The zero-order valence-electron chi connectivity index (χ0n) is 22.4. The predicted molar refractivity (Wildman–Crippen MR) is 64.4 cm³/mol. The van der Waals surface area contributed by atoms with E-state index in [9.17, 15) is 4.79 Å². The minimum absolute atomic E-state index is 0.0906. The van der Waals surface area contributed by atoms with Crippen molar-refractivity contribution < 1.29 is 24.0 Å². The van der Waals surface area contributed by atoms with E-state index < -0.39 is 73.5 Å². The van der Waals surface area contributed by atoms with Gasteiger partial charge in [0, 0.05) is 28.2 Å². The average molecular weight is 232 g/mol. The predicted octanol–water partition coefficient (Wildman–Crippen LogP) is 1.51. The highest BCUT2D eigenvalue weighted by molar-refractivity contribution is 5.94. The van der Waals surface area contributed by atoms with Crippen LogP contribution in [-0.4, -0.2) is 36.9 Å². The quantitative estimate of drug-likeness (QED) is 0.838. The molecule has 1 heterocycles. The van der Waals surface area contributed by atoms with E-state index in [-0.39, 0.29) is 10.2 Å². The summed E-state index contributed by atoms with van der Waals surface area (Å²) in [6.07, 6.45) is -6.91. The summed E-state index contributed by atoms with van der Waals surface area (Å²) in [5, 5.41) is -0.275. The van der Waals surface area contributed by atoms with Crippen LogP contribution in [0, 0.1) is 0 Å². The Bertz CT molecular complexity index is 875. The number of rotatable bonds is 2. The molecular weight excluding hydrogens is 200 g/mol. The van der Waals surface area contributed by atoms with Crippen molar-refractivity contribution >= 4 is 5.91 Å². The van der Waals surface area contributed by atoms with E-state index in [4.69, 9.17) is 19.2 Å². The minimum atomic E-state index is -3.58. The summed E-state index contributed by atoms with van der Waals surface area (Å²) in [5.74, 6) is -1.53. The topological polar surface area (TPSA) is 32.3 Å². The number of hydrogen-bond acceptors (Lipinski definition) is 2. The first-order valence-corrected chi connectivity index (χ1v) is 4.37. The van der Waals surface area contributed by atoms with E-state index in [1.165, 1.54) is 0 Å². The molecule has 0 bridgehead atoms. The van der Waals surface area contributed by atoms with Crippen LogP contribution in [0.4, 0.5) is 0 Å². The summed E-state index contributed by atoms with van der Waals surface area (Å²) in [5.41, 5.74) is -0.961. The van der Waals surface area contributed by atoms with E-state index in [0.29, 0.717) is 7.05 Å². The normalized spacial score (nSPS) is 52.9. The number of carbonyl (C=O) groups is 1. The number of benzene rings is 1. The van der Waals surface area contributed by atoms with Crippen LogP contribution >= 0.6 is 0 Å². The Kier molecular flexibility index (Phi) is 0.994. The smallest absolute Gasteiger partial charge is 0.253 e. The van der Waals surface area contributed by atoms with Gasteiger partial charge < -0.3 is 10.2 Å². The van der Waals surface area contributed by atoms with Crippen molar-refractivity contribution in [3.63, 3.8) is 0 Å². The molecule has 0 radical (unpaired) electrons. The van der Waals surface area contributed by atoms with E-state index in [1.54, 1.807) is 0 Å². The lowest BCUT2D eigenvalue weighted by Crippen LogP contribution is -2.43. The van der Waals surface area contributed by atoms with Gasteiger partial charge in [0.25, 0.3) is 5.91 Å². The Labute approximate surface area is 116 Å². The number of amides is 1. The zero-order chi connectivity index (χ0) is 23.8. The lowest BCUT2D eigenvalue weighted by molar-refractivity contribution is 0.0703. The first-order valence-electron chi connectivity index (χ1n) is 11.4. The Balaban J connectivity index is 2.78. The van der Waals surface area contributed by atoms with Crippen molar-refractivity contribution in [2.45, 2.75) is 18.8 Å². The molecule has 2 unspecified atom stereocenters. The van der Waals surface area contributed by atoms with Gasteiger partial charge in [-0.05, 0) is 37.8 Å². The highest BCUT2D eigenvalue weighted by Crippen LogP contribution is 2.13. The third kappa shape index (κ3) is 2.42. The van der Waals surface area contributed by atoms with Crippen LogP contribution in [0.5, 0.6) is 0 Å². The van der Waals surface area contributed by atoms with Crippen molar-refractivity contribution in [2.24, 2.45) is 0 Å². The maximum absolute atomic E-state index is 13.0. The fraction of sp³-hybridized carbons (Fsp3) is 0.462. The van der Waals surface area contributed by atoms with Gasteiger partial charge in [-0.2, -0.15) is 0 Å². The first-order chi connectivity index (χ1) is 13.3. The second-order valence-corrected chi connectivity index (χ2v) is 2.85. The van der Waals surface area contributed by atoms with Crippen molar-refractivity contribution in [3.8, 4) is 0 Å². The molecule has 1 aliphatic heterocycles. The molecule has 2 atom stereocenters. The summed E-state index contributed by atoms with van der Waals surface area (Å²) in [6, 6.07) is -7.95. The Hall–Kier alpha value is -1.35. The van der Waals surface area contributed by atoms with Crippen LogP contribution in [-0.2, 0) is 0 Å². The van der Waals surface area contributed by atoms with Crippen molar-refractivity contribution in [1.82, 2.24) is 10.2 Å². The van der Waals surface area contributed by atoms with E-state index in [1.807, 2.05) is 0 Å². The van der Waals surface area contributed by atoms with Crippen LogP contribution in [0.3, 0.4) is 0 Å². The Morgan fingerprint density at radius 3 is 3.12 bits per heavy atom. The van der Waals surface area contributed by atoms with Crippen LogP contribution in [0.2, 0.25) is 1.41 Å².